The zero-order valence-corrected chi connectivity index (χ0v) is 14.2. The van der Waals surface area contributed by atoms with Gasteiger partial charge in [-0.25, -0.2) is 13.9 Å². The van der Waals surface area contributed by atoms with Crippen LogP contribution in [-0.2, 0) is 11.8 Å². The Labute approximate surface area is 138 Å². The largest absolute Gasteiger partial charge is 0.353 e. The van der Waals surface area contributed by atoms with Crippen molar-refractivity contribution >= 4 is 21.4 Å². The highest BCUT2D eigenvalue weighted by Gasteiger charge is 2.25. The zero-order valence-electron chi connectivity index (χ0n) is 13.4. The highest BCUT2D eigenvalue weighted by molar-refractivity contribution is 7.20. The number of aromatic nitrogens is 3. The third-order valence-corrected chi connectivity index (χ3v) is 5.15. The van der Waals surface area contributed by atoms with Gasteiger partial charge in [0.25, 0.3) is 0 Å². The van der Waals surface area contributed by atoms with E-state index in [1.54, 1.807) is 6.07 Å². The summed E-state index contributed by atoms with van der Waals surface area (Å²) >= 11 is 1.54. The number of rotatable bonds is 2. The topological polar surface area (TPSA) is 42.2 Å². The molecule has 1 aliphatic rings. The van der Waals surface area contributed by atoms with Gasteiger partial charge < -0.3 is 5.32 Å². The molecule has 0 bridgehead atoms. The Balaban J connectivity index is 1.60. The van der Waals surface area contributed by atoms with Gasteiger partial charge in [0.15, 0.2) is 0 Å². The fourth-order valence-corrected chi connectivity index (χ4v) is 3.83. The summed E-state index contributed by atoms with van der Waals surface area (Å²) in [5.41, 5.74) is 3.33. The Morgan fingerprint density at radius 2 is 2.17 bits per heavy atom. The molecule has 0 fully saturated rings. The minimum absolute atomic E-state index is 0.0168. The number of imidazole rings is 1. The molecule has 0 saturated carbocycles. The van der Waals surface area contributed by atoms with Crippen LogP contribution in [0.5, 0.6) is 0 Å². The summed E-state index contributed by atoms with van der Waals surface area (Å²) in [7, 11) is 0. The molecule has 23 heavy (non-hydrogen) atoms. The highest BCUT2D eigenvalue weighted by atomic mass is 32.1. The third kappa shape index (κ3) is 2.61. The zero-order chi connectivity index (χ0) is 16.2. The predicted molar refractivity (Wildman–Crippen MR) is 90.6 cm³/mol. The number of halogens is 1. The standard InChI is InChI=1S/C17H19FN4S/c1-17(2,3)14-9-22-16(20-14)23-15(21-22)19-13-7-5-10-4-6-11(18)8-12(10)13/h4,6,8-9,13H,5,7H2,1-3H3,(H,19,21). The second-order valence-electron chi connectivity index (χ2n) is 7.09. The number of hydrogen-bond donors (Lipinski definition) is 1. The molecule has 2 heterocycles. The fourth-order valence-electron chi connectivity index (χ4n) is 2.99. The molecule has 0 aliphatic heterocycles. The first-order valence-corrected chi connectivity index (χ1v) is 8.63. The summed E-state index contributed by atoms with van der Waals surface area (Å²) < 4.78 is 15.3. The van der Waals surface area contributed by atoms with E-state index in [-0.39, 0.29) is 17.3 Å². The molecule has 0 spiro atoms. The molecule has 0 amide bonds. The lowest BCUT2D eigenvalue weighted by Crippen LogP contribution is -2.11. The van der Waals surface area contributed by atoms with E-state index in [9.17, 15) is 4.39 Å². The van der Waals surface area contributed by atoms with Gasteiger partial charge in [-0.05, 0) is 36.1 Å². The van der Waals surface area contributed by atoms with Crippen LogP contribution >= 0.6 is 11.3 Å². The van der Waals surface area contributed by atoms with Gasteiger partial charge in [-0.1, -0.05) is 38.2 Å². The molecule has 0 radical (unpaired) electrons. The summed E-state index contributed by atoms with van der Waals surface area (Å²) in [6.07, 6.45) is 3.93. The van der Waals surface area contributed by atoms with Gasteiger partial charge in [0, 0.05) is 5.41 Å². The minimum atomic E-state index is -0.179. The second-order valence-corrected chi connectivity index (χ2v) is 8.05. The Morgan fingerprint density at radius 3 is 2.91 bits per heavy atom. The van der Waals surface area contributed by atoms with E-state index >= 15 is 0 Å². The van der Waals surface area contributed by atoms with Crippen LogP contribution in [0.4, 0.5) is 9.52 Å². The molecular weight excluding hydrogens is 311 g/mol. The molecule has 1 aliphatic carbocycles. The summed E-state index contributed by atoms with van der Waals surface area (Å²) in [5, 5.41) is 8.84. The van der Waals surface area contributed by atoms with Crippen molar-refractivity contribution in [1.29, 1.82) is 0 Å². The van der Waals surface area contributed by atoms with Crippen molar-refractivity contribution in [3.05, 3.63) is 47.0 Å². The number of benzene rings is 1. The molecule has 3 aromatic rings. The van der Waals surface area contributed by atoms with Crippen molar-refractivity contribution < 1.29 is 4.39 Å². The average Bonchev–Trinajstić information content (AvgIpc) is 3.11. The maximum atomic E-state index is 13.5. The lowest BCUT2D eigenvalue weighted by atomic mass is 9.93. The molecule has 1 unspecified atom stereocenters. The SMILES string of the molecule is CC(C)(C)c1cn2nc(NC3CCc4ccc(F)cc43)sc2n1. The highest BCUT2D eigenvalue weighted by Crippen LogP contribution is 2.35. The van der Waals surface area contributed by atoms with Crippen LogP contribution in [0.15, 0.2) is 24.4 Å². The van der Waals surface area contributed by atoms with Crippen LogP contribution in [-0.4, -0.2) is 14.6 Å². The predicted octanol–water partition coefficient (Wildman–Crippen LogP) is 4.33. The van der Waals surface area contributed by atoms with E-state index in [0.717, 1.165) is 34.2 Å². The number of aryl methyl sites for hydroxylation is 1. The lowest BCUT2D eigenvalue weighted by molar-refractivity contribution is 0.572. The minimum Gasteiger partial charge on any atom is -0.353 e. The summed E-state index contributed by atoms with van der Waals surface area (Å²) in [4.78, 5) is 5.54. The monoisotopic (exact) mass is 330 g/mol. The molecular formula is C17H19FN4S. The van der Waals surface area contributed by atoms with Crippen molar-refractivity contribution in [1.82, 2.24) is 14.6 Å². The normalized spacial score (nSPS) is 17.7. The molecule has 1 N–H and O–H groups in total. The molecule has 0 saturated heterocycles. The maximum absolute atomic E-state index is 13.5. The third-order valence-electron chi connectivity index (χ3n) is 4.29. The van der Waals surface area contributed by atoms with E-state index in [0.29, 0.717) is 0 Å². The van der Waals surface area contributed by atoms with Crippen LogP contribution in [0, 0.1) is 5.82 Å². The Hall–Kier alpha value is -1.95. The van der Waals surface area contributed by atoms with Gasteiger partial charge in [-0.2, -0.15) is 0 Å². The van der Waals surface area contributed by atoms with Crippen molar-refractivity contribution in [3.8, 4) is 0 Å². The maximum Gasteiger partial charge on any atom is 0.214 e. The van der Waals surface area contributed by atoms with E-state index in [1.807, 2.05) is 16.8 Å². The Bertz CT molecular complexity index is 843. The summed E-state index contributed by atoms with van der Waals surface area (Å²) in [6, 6.07) is 5.18. The Kier molecular flexibility index (Phi) is 3.20. The number of hydrogen-bond acceptors (Lipinski definition) is 4. The first kappa shape index (κ1) is 14.6. The Morgan fingerprint density at radius 1 is 1.35 bits per heavy atom. The van der Waals surface area contributed by atoms with Gasteiger partial charge in [0.2, 0.25) is 10.1 Å². The first-order valence-electron chi connectivity index (χ1n) is 7.82. The number of nitrogens with zero attached hydrogens (tertiary/aromatic N) is 3. The quantitative estimate of drug-likeness (QED) is 0.760. The van der Waals surface area contributed by atoms with E-state index in [4.69, 9.17) is 0 Å². The first-order chi connectivity index (χ1) is 10.9. The van der Waals surface area contributed by atoms with Gasteiger partial charge in [0.05, 0.1) is 17.9 Å². The van der Waals surface area contributed by atoms with Crippen LogP contribution in [0.1, 0.15) is 50.1 Å². The molecule has 4 nitrogen and oxygen atoms in total. The molecule has 120 valence electrons. The van der Waals surface area contributed by atoms with Crippen molar-refractivity contribution in [3.63, 3.8) is 0 Å². The van der Waals surface area contributed by atoms with Crippen LogP contribution in [0.2, 0.25) is 0 Å². The van der Waals surface area contributed by atoms with Gasteiger partial charge in [-0.15, -0.1) is 5.10 Å². The van der Waals surface area contributed by atoms with Crippen molar-refractivity contribution in [2.45, 2.75) is 45.1 Å². The summed E-state index contributed by atoms with van der Waals surface area (Å²) in [6.45, 7) is 6.42. The van der Waals surface area contributed by atoms with Gasteiger partial charge in [-0.3, -0.25) is 0 Å². The van der Waals surface area contributed by atoms with Crippen LogP contribution in [0.3, 0.4) is 0 Å². The van der Waals surface area contributed by atoms with Crippen molar-refractivity contribution in [2.75, 3.05) is 5.32 Å². The average molecular weight is 330 g/mol. The van der Waals surface area contributed by atoms with E-state index < -0.39 is 0 Å². The smallest absolute Gasteiger partial charge is 0.214 e. The molecule has 2 aromatic heterocycles. The van der Waals surface area contributed by atoms with E-state index in [2.05, 4.69) is 36.2 Å². The van der Waals surface area contributed by atoms with Gasteiger partial charge >= 0.3 is 0 Å². The summed E-state index contributed by atoms with van der Waals surface area (Å²) in [5.74, 6) is -0.179. The fraction of sp³-hybridized carbons (Fsp3) is 0.412. The van der Waals surface area contributed by atoms with Gasteiger partial charge in [0.1, 0.15) is 5.82 Å². The molecule has 1 aromatic carbocycles. The second kappa shape index (κ2) is 5.03. The molecule has 1 atom stereocenters. The number of fused-ring (bicyclic) bond motifs is 2. The van der Waals surface area contributed by atoms with Crippen LogP contribution in [0.25, 0.3) is 4.96 Å². The van der Waals surface area contributed by atoms with Crippen molar-refractivity contribution in [2.24, 2.45) is 0 Å². The molecule has 6 heteroatoms. The lowest BCUT2D eigenvalue weighted by Gasteiger charge is -2.14. The number of anilines is 1. The molecule has 4 rings (SSSR count). The number of nitrogens with one attached hydrogen (secondary N) is 1. The van der Waals surface area contributed by atoms with E-state index in [1.165, 1.54) is 23.0 Å². The van der Waals surface area contributed by atoms with Crippen LogP contribution < -0.4 is 5.32 Å².